The topological polar surface area (TPSA) is 58.6 Å². The quantitative estimate of drug-likeness (QED) is 0.721. The standard InChI is InChI=1S/C19H26N2O3S2/c1-13(2)10-11-24-15-8-6-14(7-9-15)12-19(26-5)18(23)20-16(25-4)17(22)21(19)3/h6-10,16H,11-12H2,1-5H3,(H,20,23). The van der Waals surface area contributed by atoms with Gasteiger partial charge in [0.25, 0.3) is 11.8 Å². The van der Waals surface area contributed by atoms with Crippen LogP contribution in [0.2, 0.25) is 0 Å². The van der Waals surface area contributed by atoms with Crippen LogP contribution in [0.25, 0.3) is 0 Å². The smallest absolute Gasteiger partial charge is 0.258 e. The summed E-state index contributed by atoms with van der Waals surface area (Å²) >= 11 is 2.72. The third-order valence-corrected chi connectivity index (χ3v) is 6.47. The molecule has 1 heterocycles. The number of piperazine rings is 1. The number of carbonyl (C=O) groups is 2. The van der Waals surface area contributed by atoms with Crippen LogP contribution in [0.1, 0.15) is 19.4 Å². The fraction of sp³-hybridized carbons (Fsp3) is 0.474. The van der Waals surface area contributed by atoms with E-state index in [4.69, 9.17) is 4.74 Å². The highest BCUT2D eigenvalue weighted by Crippen LogP contribution is 2.35. The summed E-state index contributed by atoms with van der Waals surface area (Å²) in [6.07, 6.45) is 6.14. The van der Waals surface area contributed by atoms with E-state index >= 15 is 0 Å². The molecule has 2 rings (SSSR count). The van der Waals surface area contributed by atoms with Gasteiger partial charge in [0, 0.05) is 13.5 Å². The zero-order chi connectivity index (χ0) is 19.3. The Bertz CT molecular complexity index is 687. The molecule has 2 atom stereocenters. The fourth-order valence-corrected chi connectivity index (χ4v) is 4.25. The third kappa shape index (κ3) is 4.38. The van der Waals surface area contributed by atoms with Gasteiger partial charge in [-0.1, -0.05) is 17.7 Å². The maximum Gasteiger partial charge on any atom is 0.258 e. The predicted octanol–water partition coefficient (Wildman–Crippen LogP) is 2.91. The van der Waals surface area contributed by atoms with Gasteiger partial charge in [-0.3, -0.25) is 9.59 Å². The summed E-state index contributed by atoms with van der Waals surface area (Å²) in [7, 11) is 1.71. The molecular weight excluding hydrogens is 368 g/mol. The van der Waals surface area contributed by atoms with Crippen LogP contribution in [0.5, 0.6) is 5.75 Å². The Morgan fingerprint density at radius 2 is 1.92 bits per heavy atom. The summed E-state index contributed by atoms with van der Waals surface area (Å²) in [5.74, 6) is 0.577. The molecule has 0 aromatic heterocycles. The average Bonchev–Trinajstić information content (AvgIpc) is 2.63. The molecule has 0 saturated carbocycles. The van der Waals surface area contributed by atoms with Crippen LogP contribution in [0.15, 0.2) is 35.9 Å². The lowest BCUT2D eigenvalue weighted by atomic mass is 10.0. The summed E-state index contributed by atoms with van der Waals surface area (Å²) in [5.41, 5.74) is 2.19. The van der Waals surface area contributed by atoms with Gasteiger partial charge in [0.15, 0.2) is 10.2 Å². The van der Waals surface area contributed by atoms with E-state index in [9.17, 15) is 9.59 Å². The molecular formula is C19H26N2O3S2. The van der Waals surface area contributed by atoms with E-state index in [0.29, 0.717) is 13.0 Å². The first kappa shape index (κ1) is 20.7. The van der Waals surface area contributed by atoms with Gasteiger partial charge in [-0.25, -0.2) is 0 Å². The molecule has 1 fully saturated rings. The van der Waals surface area contributed by atoms with E-state index < -0.39 is 10.2 Å². The van der Waals surface area contributed by atoms with Crippen LogP contribution >= 0.6 is 23.5 Å². The summed E-state index contributed by atoms with van der Waals surface area (Å²) in [6, 6.07) is 7.69. The van der Waals surface area contributed by atoms with Crippen molar-refractivity contribution in [3.05, 3.63) is 41.5 Å². The number of ether oxygens (including phenoxy) is 1. The fourth-order valence-electron chi connectivity index (χ4n) is 2.74. The Balaban J connectivity index is 2.15. The highest BCUT2D eigenvalue weighted by atomic mass is 32.2. The number of amides is 2. The van der Waals surface area contributed by atoms with E-state index in [1.807, 2.05) is 56.7 Å². The summed E-state index contributed by atoms with van der Waals surface area (Å²) in [5, 5.41) is 2.32. The molecule has 0 radical (unpaired) electrons. The van der Waals surface area contributed by atoms with Crippen LogP contribution in [0, 0.1) is 0 Å². The number of allylic oxidation sites excluding steroid dienone is 1. The van der Waals surface area contributed by atoms with Crippen molar-refractivity contribution in [1.82, 2.24) is 10.2 Å². The normalized spacial score (nSPS) is 22.8. The van der Waals surface area contributed by atoms with E-state index in [2.05, 4.69) is 5.32 Å². The first-order chi connectivity index (χ1) is 12.3. The highest BCUT2D eigenvalue weighted by Gasteiger charge is 2.50. The average molecular weight is 395 g/mol. The number of likely N-dealkylation sites (N-methyl/N-ethyl adjacent to an activating group) is 1. The minimum absolute atomic E-state index is 0.0758. The van der Waals surface area contributed by atoms with Crippen LogP contribution in [-0.4, -0.2) is 53.1 Å². The minimum atomic E-state index is -0.937. The van der Waals surface area contributed by atoms with Crippen molar-refractivity contribution in [3.63, 3.8) is 0 Å². The van der Waals surface area contributed by atoms with Gasteiger partial charge in [0.2, 0.25) is 0 Å². The molecule has 0 bridgehead atoms. The molecule has 1 aromatic carbocycles. The summed E-state index contributed by atoms with van der Waals surface area (Å²) in [4.78, 5) is 26.0. The first-order valence-corrected chi connectivity index (χ1v) is 10.9. The number of carbonyl (C=O) groups excluding carboxylic acids is 2. The lowest BCUT2D eigenvalue weighted by Gasteiger charge is -2.45. The first-order valence-electron chi connectivity index (χ1n) is 8.35. The number of benzene rings is 1. The van der Waals surface area contributed by atoms with Gasteiger partial charge < -0.3 is 15.0 Å². The lowest BCUT2D eigenvalue weighted by molar-refractivity contribution is -0.146. The monoisotopic (exact) mass is 394 g/mol. The SMILES string of the molecule is CSC1NC(=O)C(Cc2ccc(OCC=C(C)C)cc2)(SC)N(C)C1=O. The Labute approximate surface area is 163 Å². The molecule has 0 aliphatic carbocycles. The summed E-state index contributed by atoms with van der Waals surface area (Å²) in [6.45, 7) is 4.60. The second-order valence-corrected chi connectivity index (χ2v) is 8.41. The van der Waals surface area contributed by atoms with Crippen LogP contribution < -0.4 is 10.1 Å². The minimum Gasteiger partial charge on any atom is -0.490 e. The molecule has 1 saturated heterocycles. The van der Waals surface area contributed by atoms with E-state index in [1.54, 1.807) is 11.9 Å². The molecule has 142 valence electrons. The van der Waals surface area contributed by atoms with Crippen LogP contribution in [0.3, 0.4) is 0 Å². The van der Waals surface area contributed by atoms with Crippen molar-refractivity contribution in [2.75, 3.05) is 26.2 Å². The van der Waals surface area contributed by atoms with Gasteiger partial charge in [-0.15, -0.1) is 23.5 Å². The highest BCUT2D eigenvalue weighted by molar-refractivity contribution is 8.01. The second-order valence-electron chi connectivity index (χ2n) is 6.39. The van der Waals surface area contributed by atoms with Crippen molar-refractivity contribution in [3.8, 4) is 5.75 Å². The zero-order valence-electron chi connectivity index (χ0n) is 15.9. The van der Waals surface area contributed by atoms with Crippen molar-refractivity contribution in [2.24, 2.45) is 0 Å². The van der Waals surface area contributed by atoms with Gasteiger partial charge in [-0.05, 0) is 50.1 Å². The summed E-state index contributed by atoms with van der Waals surface area (Å²) < 4.78 is 5.67. The van der Waals surface area contributed by atoms with Crippen molar-refractivity contribution in [2.45, 2.75) is 30.5 Å². The number of nitrogens with one attached hydrogen (secondary N) is 1. The number of hydrogen-bond acceptors (Lipinski definition) is 5. The predicted molar refractivity (Wildman–Crippen MR) is 110 cm³/mol. The number of rotatable bonds is 7. The third-order valence-electron chi connectivity index (χ3n) is 4.40. The van der Waals surface area contributed by atoms with Crippen molar-refractivity contribution < 1.29 is 14.3 Å². The van der Waals surface area contributed by atoms with Gasteiger partial charge in [0.05, 0.1) is 0 Å². The number of thioether (sulfide) groups is 2. The van der Waals surface area contributed by atoms with E-state index in [1.165, 1.54) is 29.1 Å². The van der Waals surface area contributed by atoms with Crippen LogP contribution in [-0.2, 0) is 16.0 Å². The maximum absolute atomic E-state index is 12.8. The van der Waals surface area contributed by atoms with Gasteiger partial charge in [0.1, 0.15) is 12.4 Å². The Hall–Kier alpha value is -1.60. The van der Waals surface area contributed by atoms with E-state index in [0.717, 1.165) is 11.3 Å². The molecule has 1 N–H and O–H groups in total. The van der Waals surface area contributed by atoms with Crippen LogP contribution in [0.4, 0.5) is 0 Å². The molecule has 2 amide bonds. The molecule has 0 spiro atoms. The molecule has 1 aliphatic heterocycles. The molecule has 5 nitrogen and oxygen atoms in total. The van der Waals surface area contributed by atoms with Gasteiger partial charge in [-0.2, -0.15) is 0 Å². The molecule has 26 heavy (non-hydrogen) atoms. The maximum atomic E-state index is 12.8. The van der Waals surface area contributed by atoms with Crippen molar-refractivity contribution in [1.29, 1.82) is 0 Å². The van der Waals surface area contributed by atoms with Crippen molar-refractivity contribution >= 4 is 35.3 Å². The van der Waals surface area contributed by atoms with Gasteiger partial charge >= 0.3 is 0 Å². The molecule has 1 aromatic rings. The van der Waals surface area contributed by atoms with E-state index in [-0.39, 0.29) is 11.8 Å². The Morgan fingerprint density at radius 3 is 2.46 bits per heavy atom. The molecule has 1 aliphatic rings. The number of hydrogen-bond donors (Lipinski definition) is 1. The molecule has 7 heteroatoms. The Kier molecular flexibility index (Phi) is 7.06. The second kappa shape index (κ2) is 8.86. The number of nitrogens with zero attached hydrogens (tertiary/aromatic N) is 1. The molecule has 2 unspecified atom stereocenters. The zero-order valence-corrected chi connectivity index (χ0v) is 17.5. The largest absolute Gasteiger partial charge is 0.490 e. The Morgan fingerprint density at radius 1 is 1.27 bits per heavy atom. The lowest BCUT2D eigenvalue weighted by Crippen LogP contribution is -2.68.